The molecule has 3 aromatic heterocycles. The van der Waals surface area contributed by atoms with Crippen LogP contribution in [0.25, 0.3) is 30.3 Å². The van der Waals surface area contributed by atoms with Crippen molar-refractivity contribution in [1.82, 2.24) is 0 Å². The van der Waals surface area contributed by atoms with Crippen LogP contribution in [0.1, 0.15) is 25.6 Å². The van der Waals surface area contributed by atoms with Gasteiger partial charge in [-0.3, -0.25) is 0 Å². The Morgan fingerprint density at radius 2 is 1.39 bits per heavy atom. The van der Waals surface area contributed by atoms with E-state index < -0.39 is 0 Å². The van der Waals surface area contributed by atoms with Crippen LogP contribution in [0.2, 0.25) is 0 Å². The molecule has 0 fully saturated rings. The van der Waals surface area contributed by atoms with Crippen LogP contribution < -0.4 is 0 Å². The third kappa shape index (κ3) is 2.67. The summed E-state index contributed by atoms with van der Waals surface area (Å²) in [6, 6.07) is 17.7. The fourth-order valence-corrected chi connectivity index (χ4v) is 6.06. The Labute approximate surface area is 149 Å². The number of fused-ring (bicyclic) bond motifs is 1. The molecule has 4 aromatic rings. The van der Waals surface area contributed by atoms with E-state index >= 15 is 0 Å². The van der Waals surface area contributed by atoms with E-state index in [1.165, 1.54) is 35.2 Å². The molecule has 0 N–H and O–H groups in total. The van der Waals surface area contributed by atoms with Crippen LogP contribution >= 0.6 is 34.0 Å². The van der Waals surface area contributed by atoms with Crippen LogP contribution in [-0.4, -0.2) is 0 Å². The van der Waals surface area contributed by atoms with Crippen LogP contribution in [0.5, 0.6) is 0 Å². The van der Waals surface area contributed by atoms with E-state index in [0.29, 0.717) is 0 Å². The minimum atomic E-state index is 0.215. The molecule has 3 heteroatoms. The van der Waals surface area contributed by atoms with Gasteiger partial charge < -0.3 is 0 Å². The van der Waals surface area contributed by atoms with E-state index in [-0.39, 0.29) is 5.41 Å². The lowest BCUT2D eigenvalue weighted by Gasteiger charge is -2.15. The maximum absolute atomic E-state index is 2.29. The van der Waals surface area contributed by atoms with Gasteiger partial charge in [-0.1, -0.05) is 51.1 Å². The highest BCUT2D eigenvalue weighted by Gasteiger charge is 2.19. The summed E-state index contributed by atoms with van der Waals surface area (Å²) in [5.41, 5.74) is 0.215. The Bertz CT molecular complexity index is 947. The monoisotopic (exact) mass is 354 g/mol. The molecule has 0 aliphatic heterocycles. The second-order valence-electron chi connectivity index (χ2n) is 6.70. The van der Waals surface area contributed by atoms with Crippen molar-refractivity contribution in [1.29, 1.82) is 0 Å². The number of hydrogen-bond donors (Lipinski definition) is 0. The Morgan fingerprint density at radius 3 is 1.96 bits per heavy atom. The zero-order valence-corrected chi connectivity index (χ0v) is 15.9. The Kier molecular flexibility index (Phi) is 3.67. The Hall–Kier alpha value is -1.42. The first kappa shape index (κ1) is 15.1. The van der Waals surface area contributed by atoms with Crippen LogP contribution in [0.15, 0.2) is 53.9 Å². The molecule has 0 saturated carbocycles. The Morgan fingerprint density at radius 1 is 0.696 bits per heavy atom. The Balaban J connectivity index is 1.93. The molecule has 0 aliphatic rings. The average Bonchev–Trinajstić information content (AvgIpc) is 3.24. The van der Waals surface area contributed by atoms with Crippen molar-refractivity contribution in [3.05, 3.63) is 58.8 Å². The third-order valence-corrected chi connectivity index (χ3v) is 7.90. The molecule has 0 spiro atoms. The van der Waals surface area contributed by atoms with E-state index in [4.69, 9.17) is 0 Å². The highest BCUT2D eigenvalue weighted by Crippen LogP contribution is 2.47. The average molecular weight is 355 g/mol. The van der Waals surface area contributed by atoms with Gasteiger partial charge in [0.1, 0.15) is 0 Å². The lowest BCUT2D eigenvalue weighted by molar-refractivity contribution is 0.604. The fraction of sp³-hybridized carbons (Fsp3) is 0.200. The first-order valence-electron chi connectivity index (χ1n) is 7.70. The largest absolute Gasteiger partial charge is 0.143 e. The smallest absolute Gasteiger partial charge is 0.0528 e. The van der Waals surface area contributed by atoms with Crippen molar-refractivity contribution in [2.45, 2.75) is 26.2 Å². The molecule has 0 amide bonds. The van der Waals surface area contributed by atoms with Crippen LogP contribution in [-0.2, 0) is 5.41 Å². The normalized spacial score (nSPS) is 12.1. The predicted octanol–water partition coefficient (Wildman–Crippen LogP) is 7.66. The van der Waals surface area contributed by atoms with Crippen molar-refractivity contribution in [3.63, 3.8) is 0 Å². The van der Waals surface area contributed by atoms with Gasteiger partial charge in [-0.05, 0) is 29.0 Å². The highest BCUT2D eigenvalue weighted by atomic mass is 32.1. The fourth-order valence-electron chi connectivity index (χ4n) is 2.73. The van der Waals surface area contributed by atoms with Gasteiger partial charge in [-0.25, -0.2) is 0 Å². The molecule has 0 bridgehead atoms. The lowest BCUT2D eigenvalue weighted by Crippen LogP contribution is -2.07. The molecule has 116 valence electrons. The quantitative estimate of drug-likeness (QED) is 0.346. The number of benzene rings is 1. The summed E-state index contributed by atoms with van der Waals surface area (Å²) in [6.45, 7) is 6.85. The molecule has 0 radical (unpaired) electrons. The molecular weight excluding hydrogens is 336 g/mol. The summed E-state index contributed by atoms with van der Waals surface area (Å²) in [5.74, 6) is 0. The SMILES string of the molecule is CC(C)(C)c1ccc(-c2sc(-c3cccs3)c3ccccc23)s1. The summed E-state index contributed by atoms with van der Waals surface area (Å²) in [4.78, 5) is 7.01. The molecule has 1 aromatic carbocycles. The van der Waals surface area contributed by atoms with Gasteiger partial charge in [0.25, 0.3) is 0 Å². The molecule has 0 nitrogen and oxygen atoms in total. The summed E-state index contributed by atoms with van der Waals surface area (Å²) in [5, 5.41) is 4.91. The van der Waals surface area contributed by atoms with E-state index in [2.05, 4.69) is 74.7 Å². The van der Waals surface area contributed by atoms with Crippen molar-refractivity contribution < 1.29 is 0 Å². The molecule has 0 atom stereocenters. The van der Waals surface area contributed by atoms with Gasteiger partial charge in [-0.15, -0.1) is 34.0 Å². The third-order valence-electron chi connectivity index (χ3n) is 3.93. The maximum Gasteiger partial charge on any atom is 0.0528 e. The minimum absolute atomic E-state index is 0.215. The van der Waals surface area contributed by atoms with Gasteiger partial charge in [0.15, 0.2) is 0 Å². The van der Waals surface area contributed by atoms with Crippen molar-refractivity contribution >= 4 is 44.8 Å². The standard InChI is InChI=1S/C20H18S3/c1-20(2,3)17-11-10-16(22-17)19-14-8-5-4-7-13(14)18(23-19)15-9-6-12-21-15/h4-12H,1-3H3. The highest BCUT2D eigenvalue weighted by molar-refractivity contribution is 7.27. The summed E-state index contributed by atoms with van der Waals surface area (Å²) in [6.07, 6.45) is 0. The molecule has 4 rings (SSSR count). The molecular formula is C20H18S3. The van der Waals surface area contributed by atoms with Crippen LogP contribution in [0.4, 0.5) is 0 Å². The zero-order valence-electron chi connectivity index (χ0n) is 13.4. The van der Waals surface area contributed by atoms with Crippen LogP contribution in [0.3, 0.4) is 0 Å². The van der Waals surface area contributed by atoms with Gasteiger partial charge >= 0.3 is 0 Å². The second-order valence-corrected chi connectivity index (χ2v) is 9.75. The lowest BCUT2D eigenvalue weighted by atomic mass is 9.95. The summed E-state index contributed by atoms with van der Waals surface area (Å²) < 4.78 is 0. The van der Waals surface area contributed by atoms with Gasteiger partial charge in [0, 0.05) is 25.4 Å². The van der Waals surface area contributed by atoms with Crippen molar-refractivity contribution in [3.8, 4) is 19.5 Å². The summed E-state index contributed by atoms with van der Waals surface area (Å²) >= 11 is 5.68. The molecule has 0 saturated heterocycles. The van der Waals surface area contributed by atoms with Crippen molar-refractivity contribution in [2.75, 3.05) is 0 Å². The van der Waals surface area contributed by atoms with Gasteiger partial charge in [-0.2, -0.15) is 0 Å². The van der Waals surface area contributed by atoms with E-state index in [1.807, 2.05) is 34.0 Å². The van der Waals surface area contributed by atoms with Crippen LogP contribution in [0, 0.1) is 0 Å². The van der Waals surface area contributed by atoms with E-state index in [1.54, 1.807) is 0 Å². The molecule has 0 unspecified atom stereocenters. The summed E-state index contributed by atoms with van der Waals surface area (Å²) in [7, 11) is 0. The number of rotatable bonds is 2. The first-order chi connectivity index (χ1) is 11.0. The van der Waals surface area contributed by atoms with Gasteiger partial charge in [0.2, 0.25) is 0 Å². The first-order valence-corrected chi connectivity index (χ1v) is 10.2. The zero-order chi connectivity index (χ0) is 16.0. The molecule has 0 aliphatic carbocycles. The minimum Gasteiger partial charge on any atom is -0.143 e. The molecule has 23 heavy (non-hydrogen) atoms. The number of thiophene rings is 3. The van der Waals surface area contributed by atoms with Gasteiger partial charge in [0.05, 0.1) is 9.75 Å². The predicted molar refractivity (Wildman–Crippen MR) is 107 cm³/mol. The van der Waals surface area contributed by atoms with E-state index in [0.717, 1.165) is 0 Å². The maximum atomic E-state index is 2.29. The topological polar surface area (TPSA) is 0 Å². The molecule has 3 heterocycles. The number of hydrogen-bond acceptors (Lipinski definition) is 3. The van der Waals surface area contributed by atoms with E-state index in [9.17, 15) is 0 Å². The second kappa shape index (κ2) is 5.59. The van der Waals surface area contributed by atoms with Crippen molar-refractivity contribution in [2.24, 2.45) is 0 Å².